The summed E-state index contributed by atoms with van der Waals surface area (Å²) in [5.41, 5.74) is 0.899. The smallest absolute Gasteiger partial charge is 0.416 e. The van der Waals surface area contributed by atoms with Gasteiger partial charge >= 0.3 is 12.1 Å². The molecule has 3 atom stereocenters. The first kappa shape index (κ1) is 30.8. The van der Waals surface area contributed by atoms with E-state index < -0.39 is 41.8 Å². The topological polar surface area (TPSA) is 146 Å². The molecule has 0 unspecified atom stereocenters. The van der Waals surface area contributed by atoms with E-state index in [1.54, 1.807) is 0 Å². The van der Waals surface area contributed by atoms with Gasteiger partial charge in [0, 0.05) is 20.0 Å². The van der Waals surface area contributed by atoms with Crippen LogP contribution in [0.2, 0.25) is 0 Å². The largest absolute Gasteiger partial charge is 0.453 e. The van der Waals surface area contributed by atoms with Crippen LogP contribution in [0.3, 0.4) is 0 Å². The number of cyclic esters (lactones) is 1. The van der Waals surface area contributed by atoms with Gasteiger partial charge in [0.2, 0.25) is 5.91 Å². The van der Waals surface area contributed by atoms with E-state index in [0.717, 1.165) is 29.5 Å². The molecular weight excluding hydrogens is 498 g/mol. The lowest BCUT2D eigenvalue weighted by Gasteiger charge is -2.26. The van der Waals surface area contributed by atoms with Gasteiger partial charge in [-0.2, -0.15) is 0 Å². The summed E-state index contributed by atoms with van der Waals surface area (Å²) in [6.07, 6.45) is 0.608. The fourth-order valence-corrected chi connectivity index (χ4v) is 3.79. The normalized spacial score (nSPS) is 16.8. The van der Waals surface area contributed by atoms with E-state index in [4.69, 9.17) is 24.1 Å². The van der Waals surface area contributed by atoms with E-state index in [9.17, 15) is 24.0 Å². The number of ether oxygens (including phenoxy) is 4. The van der Waals surface area contributed by atoms with Crippen LogP contribution < -0.4 is 0 Å². The molecule has 0 aromatic heterocycles. The van der Waals surface area contributed by atoms with Gasteiger partial charge in [-0.25, -0.2) is 9.69 Å². The highest BCUT2D eigenvalue weighted by atomic mass is 16.6. The Morgan fingerprint density at radius 1 is 1.08 bits per heavy atom. The molecule has 1 saturated heterocycles. The molecule has 1 heterocycles. The van der Waals surface area contributed by atoms with E-state index in [1.165, 1.54) is 6.92 Å². The third kappa shape index (κ3) is 10.2. The minimum absolute atomic E-state index is 0.00612. The highest BCUT2D eigenvalue weighted by Crippen LogP contribution is 2.23. The summed E-state index contributed by atoms with van der Waals surface area (Å²) in [5.74, 6) is -3.79. The number of aliphatic hydroxyl groups is 1. The summed E-state index contributed by atoms with van der Waals surface area (Å²) in [7, 11) is 0. The van der Waals surface area contributed by atoms with Crippen LogP contribution in [-0.4, -0.2) is 91.3 Å². The molecule has 0 bridgehead atoms. The second kappa shape index (κ2) is 16.4. The first-order chi connectivity index (χ1) is 18.2. The summed E-state index contributed by atoms with van der Waals surface area (Å²) in [6.45, 7) is 3.63. The molecule has 2 rings (SSSR count). The third-order valence-corrected chi connectivity index (χ3v) is 5.68. The van der Waals surface area contributed by atoms with Gasteiger partial charge in [-0.1, -0.05) is 30.3 Å². The minimum atomic E-state index is -1.52. The van der Waals surface area contributed by atoms with E-state index in [0.29, 0.717) is 32.7 Å². The predicted octanol–water partition coefficient (Wildman–Crippen LogP) is 1.64. The van der Waals surface area contributed by atoms with Crippen molar-refractivity contribution in [2.45, 2.75) is 45.3 Å². The summed E-state index contributed by atoms with van der Waals surface area (Å²) < 4.78 is 20.6. The molecule has 11 nitrogen and oxygen atoms in total. The summed E-state index contributed by atoms with van der Waals surface area (Å²) in [6, 6.07) is 8.68. The Balaban J connectivity index is 1.95. The molecule has 38 heavy (non-hydrogen) atoms. The Morgan fingerprint density at radius 3 is 2.42 bits per heavy atom. The number of hydrogen-bond donors (Lipinski definition) is 1. The van der Waals surface area contributed by atoms with Crippen molar-refractivity contribution < 1.29 is 48.0 Å². The highest BCUT2D eigenvalue weighted by molar-refractivity contribution is 6.04. The highest BCUT2D eigenvalue weighted by Gasteiger charge is 2.43. The first-order valence-electron chi connectivity index (χ1n) is 12.5. The van der Waals surface area contributed by atoms with Gasteiger partial charge in [0.15, 0.2) is 17.7 Å². The fraction of sp³-hybridized carbons (Fsp3) is 0.519. The molecule has 208 valence electrons. The van der Waals surface area contributed by atoms with Crippen LogP contribution in [0.4, 0.5) is 4.79 Å². The third-order valence-electron chi connectivity index (χ3n) is 5.68. The lowest BCUT2D eigenvalue weighted by Crippen LogP contribution is -2.48. The molecule has 11 heteroatoms. The molecule has 1 aromatic rings. The van der Waals surface area contributed by atoms with Crippen molar-refractivity contribution in [3.8, 4) is 0 Å². The molecule has 0 aliphatic carbocycles. The molecule has 2 amide bonds. The number of ketones is 2. The summed E-state index contributed by atoms with van der Waals surface area (Å²) in [4.78, 5) is 63.3. The zero-order valence-electron chi connectivity index (χ0n) is 21.7. The monoisotopic (exact) mass is 533 g/mol. The Morgan fingerprint density at radius 2 is 1.76 bits per heavy atom. The van der Waals surface area contributed by atoms with E-state index >= 15 is 0 Å². The van der Waals surface area contributed by atoms with Gasteiger partial charge in [0.05, 0.1) is 38.4 Å². The minimum Gasteiger partial charge on any atom is -0.453 e. The second-order valence-electron chi connectivity index (χ2n) is 8.70. The standard InChI is InChI=1S/C27H35NO10/c1-19(26(33)28-22(18-37-27(28)34)17-21-7-4-3-5-8-21)25(38-20(2)30)24(32)11-10-23(31)9-6-13-35-15-16-36-14-12-29/h3-5,7-8,10-11,19,22,25,29H,6,9,12-18H2,1-2H3/t19-,22-,25-/m0/s1. The van der Waals surface area contributed by atoms with E-state index in [1.807, 2.05) is 30.3 Å². The number of esters is 1. The van der Waals surface area contributed by atoms with Crippen molar-refractivity contribution in [3.05, 3.63) is 48.0 Å². The number of allylic oxidation sites excluding steroid dienone is 1. The number of amides is 2. The van der Waals surface area contributed by atoms with Gasteiger partial charge in [0.25, 0.3) is 0 Å². The first-order valence-corrected chi connectivity index (χ1v) is 12.5. The number of rotatable bonds is 17. The molecule has 1 aliphatic heterocycles. The number of aliphatic hydroxyl groups excluding tert-OH is 1. The van der Waals surface area contributed by atoms with Crippen LogP contribution in [0.5, 0.6) is 0 Å². The van der Waals surface area contributed by atoms with Gasteiger partial charge in [-0.3, -0.25) is 19.2 Å². The maximum absolute atomic E-state index is 13.3. The summed E-state index contributed by atoms with van der Waals surface area (Å²) in [5, 5.41) is 8.62. The predicted molar refractivity (Wildman–Crippen MR) is 134 cm³/mol. The van der Waals surface area contributed by atoms with Gasteiger partial charge < -0.3 is 24.1 Å². The number of benzene rings is 1. The van der Waals surface area contributed by atoms with Crippen molar-refractivity contribution in [3.63, 3.8) is 0 Å². The van der Waals surface area contributed by atoms with Gasteiger partial charge in [-0.05, 0) is 37.5 Å². The Bertz CT molecular complexity index is 977. The van der Waals surface area contributed by atoms with Crippen molar-refractivity contribution in [1.29, 1.82) is 0 Å². The van der Waals surface area contributed by atoms with Crippen molar-refractivity contribution in [1.82, 2.24) is 4.90 Å². The van der Waals surface area contributed by atoms with Crippen molar-refractivity contribution in [2.24, 2.45) is 5.92 Å². The van der Waals surface area contributed by atoms with Crippen LogP contribution in [-0.2, 0) is 44.5 Å². The number of hydrogen-bond acceptors (Lipinski definition) is 10. The molecule has 1 aromatic carbocycles. The zero-order valence-corrected chi connectivity index (χ0v) is 21.7. The Hall–Kier alpha value is -3.41. The number of nitrogens with zero attached hydrogens (tertiary/aromatic N) is 1. The lowest BCUT2D eigenvalue weighted by atomic mass is 9.97. The van der Waals surface area contributed by atoms with Crippen LogP contribution in [0, 0.1) is 5.92 Å². The average Bonchev–Trinajstić information content (AvgIpc) is 3.26. The van der Waals surface area contributed by atoms with E-state index in [2.05, 4.69) is 0 Å². The zero-order chi connectivity index (χ0) is 27.9. The second-order valence-corrected chi connectivity index (χ2v) is 8.70. The molecule has 1 fully saturated rings. The number of imide groups is 1. The number of carbonyl (C=O) groups excluding carboxylic acids is 5. The molecular formula is C27H35NO10. The molecule has 0 radical (unpaired) electrons. The van der Waals surface area contributed by atoms with Gasteiger partial charge in [-0.15, -0.1) is 0 Å². The Kier molecular flexibility index (Phi) is 13.3. The quantitative estimate of drug-likeness (QED) is 0.178. The average molecular weight is 534 g/mol. The van der Waals surface area contributed by atoms with Crippen LogP contribution in [0.25, 0.3) is 0 Å². The Labute approximate surface area is 221 Å². The number of carbonyl (C=O) groups is 5. The van der Waals surface area contributed by atoms with Gasteiger partial charge in [0.1, 0.15) is 6.61 Å². The molecule has 1 aliphatic rings. The van der Waals surface area contributed by atoms with E-state index in [-0.39, 0.29) is 32.0 Å². The maximum atomic E-state index is 13.3. The van der Waals surface area contributed by atoms with Crippen LogP contribution >= 0.6 is 0 Å². The van der Waals surface area contributed by atoms with Crippen molar-refractivity contribution >= 4 is 29.5 Å². The lowest BCUT2D eigenvalue weighted by molar-refractivity contribution is -0.158. The van der Waals surface area contributed by atoms with Crippen molar-refractivity contribution in [2.75, 3.05) is 39.6 Å². The van der Waals surface area contributed by atoms with Crippen LogP contribution in [0.1, 0.15) is 32.3 Å². The van der Waals surface area contributed by atoms with Crippen LogP contribution in [0.15, 0.2) is 42.5 Å². The molecule has 0 saturated carbocycles. The SMILES string of the molecule is CC(=O)O[C@H](C(=O)C=CC(=O)CCCOCCOCCO)[C@H](C)C(=O)N1C(=O)OC[C@@H]1Cc1ccccc1. The molecule has 0 spiro atoms. The summed E-state index contributed by atoms with van der Waals surface area (Å²) >= 11 is 0. The maximum Gasteiger partial charge on any atom is 0.416 e. The fourth-order valence-electron chi connectivity index (χ4n) is 3.79. The molecule has 1 N–H and O–H groups in total.